The molecule has 0 unspecified atom stereocenters. The van der Waals surface area contributed by atoms with Gasteiger partial charge in [-0.25, -0.2) is 9.78 Å². The van der Waals surface area contributed by atoms with E-state index in [-0.39, 0.29) is 24.0 Å². The Bertz CT molecular complexity index is 971. The average Bonchev–Trinajstić information content (AvgIpc) is 3.16. The third-order valence-electron chi connectivity index (χ3n) is 4.63. The van der Waals surface area contributed by atoms with E-state index in [2.05, 4.69) is 15.2 Å². The molecule has 2 aromatic heterocycles. The predicted molar refractivity (Wildman–Crippen MR) is 92.6 cm³/mol. The molecule has 2 aliphatic rings. The number of rotatable bonds is 5. The van der Waals surface area contributed by atoms with Crippen molar-refractivity contribution in [1.82, 2.24) is 24.8 Å². The van der Waals surface area contributed by atoms with E-state index in [0.29, 0.717) is 37.4 Å². The van der Waals surface area contributed by atoms with Crippen LogP contribution in [0.15, 0.2) is 24.5 Å². The highest BCUT2D eigenvalue weighted by Crippen LogP contribution is 2.33. The Morgan fingerprint density at radius 3 is 2.70 bits per heavy atom. The smallest absolute Gasteiger partial charge is 0.326 e. The second kappa shape index (κ2) is 6.46. The quantitative estimate of drug-likeness (QED) is 0.567. The lowest BCUT2D eigenvalue weighted by Crippen LogP contribution is -2.50. The normalized spacial score (nSPS) is 22.9. The first-order valence-electron chi connectivity index (χ1n) is 8.35. The van der Waals surface area contributed by atoms with Crippen LogP contribution in [0.1, 0.15) is 12.8 Å². The van der Waals surface area contributed by atoms with E-state index in [1.54, 1.807) is 28.0 Å². The standard InChI is InChI=1S/C15H18N6O5S/c1-27(24,25)26-11-7-10(8-11)19-5-6-20(15(19)22)13-4-2-3-12(17-13)14-18-16-9-21(14)23/h2-4,9-11,23H,5-8H2,1H3. The van der Waals surface area contributed by atoms with Gasteiger partial charge in [-0.1, -0.05) is 6.07 Å². The number of amides is 2. The summed E-state index contributed by atoms with van der Waals surface area (Å²) in [5, 5.41) is 17.1. The van der Waals surface area contributed by atoms with Crippen molar-refractivity contribution in [2.24, 2.45) is 0 Å². The Kier molecular flexibility index (Phi) is 4.23. The molecule has 2 aromatic rings. The number of carbonyl (C=O) groups excluding carboxylic acids is 1. The van der Waals surface area contributed by atoms with E-state index in [1.165, 1.54) is 0 Å². The molecule has 2 fully saturated rings. The Morgan fingerprint density at radius 2 is 2.04 bits per heavy atom. The molecule has 1 N–H and O–H groups in total. The minimum atomic E-state index is -3.49. The van der Waals surface area contributed by atoms with Crippen molar-refractivity contribution in [3.63, 3.8) is 0 Å². The lowest BCUT2D eigenvalue weighted by atomic mass is 9.88. The summed E-state index contributed by atoms with van der Waals surface area (Å²) >= 11 is 0. The number of urea groups is 1. The van der Waals surface area contributed by atoms with Crippen LogP contribution in [-0.2, 0) is 14.3 Å². The average molecular weight is 394 g/mol. The van der Waals surface area contributed by atoms with E-state index in [1.807, 2.05) is 0 Å². The van der Waals surface area contributed by atoms with Gasteiger partial charge < -0.3 is 10.1 Å². The van der Waals surface area contributed by atoms with Crippen LogP contribution in [-0.4, -0.2) is 76.0 Å². The van der Waals surface area contributed by atoms with Crippen LogP contribution in [0, 0.1) is 0 Å². The molecule has 0 atom stereocenters. The molecule has 144 valence electrons. The second-order valence-electron chi connectivity index (χ2n) is 6.56. The van der Waals surface area contributed by atoms with Crippen LogP contribution in [0.4, 0.5) is 10.6 Å². The summed E-state index contributed by atoms with van der Waals surface area (Å²) in [5.74, 6) is 0.631. The van der Waals surface area contributed by atoms with Gasteiger partial charge in [-0.05, 0) is 25.0 Å². The van der Waals surface area contributed by atoms with Gasteiger partial charge in [0, 0.05) is 19.1 Å². The van der Waals surface area contributed by atoms with Gasteiger partial charge in [0.25, 0.3) is 10.1 Å². The van der Waals surface area contributed by atoms with Gasteiger partial charge >= 0.3 is 6.03 Å². The molecule has 1 aliphatic carbocycles. The van der Waals surface area contributed by atoms with Crippen molar-refractivity contribution in [2.45, 2.75) is 25.0 Å². The molecule has 27 heavy (non-hydrogen) atoms. The highest BCUT2D eigenvalue weighted by atomic mass is 32.2. The van der Waals surface area contributed by atoms with Gasteiger partial charge in [0.15, 0.2) is 6.33 Å². The fraction of sp³-hybridized carbons (Fsp3) is 0.467. The summed E-state index contributed by atoms with van der Waals surface area (Å²) < 4.78 is 28.0. The number of hydrogen-bond donors (Lipinski definition) is 1. The molecule has 0 spiro atoms. The zero-order valence-electron chi connectivity index (χ0n) is 14.5. The third-order valence-corrected chi connectivity index (χ3v) is 5.25. The Hall–Kier alpha value is -2.73. The van der Waals surface area contributed by atoms with E-state index in [4.69, 9.17) is 4.18 Å². The van der Waals surface area contributed by atoms with Crippen LogP contribution in [0.25, 0.3) is 11.5 Å². The summed E-state index contributed by atoms with van der Waals surface area (Å²) in [6.45, 7) is 0.992. The molecular formula is C15H18N6O5S. The Balaban J connectivity index is 1.45. The van der Waals surface area contributed by atoms with E-state index in [0.717, 1.165) is 17.3 Å². The lowest BCUT2D eigenvalue weighted by Gasteiger charge is -2.39. The van der Waals surface area contributed by atoms with Gasteiger partial charge in [-0.3, -0.25) is 9.08 Å². The first-order valence-corrected chi connectivity index (χ1v) is 10.2. The predicted octanol–water partition coefficient (Wildman–Crippen LogP) is 0.327. The summed E-state index contributed by atoms with van der Waals surface area (Å²) in [6.07, 6.45) is 2.79. The van der Waals surface area contributed by atoms with Crippen LogP contribution in [0.2, 0.25) is 0 Å². The molecule has 4 rings (SSSR count). The first-order chi connectivity index (χ1) is 12.8. The van der Waals surface area contributed by atoms with Gasteiger partial charge in [-0.2, -0.15) is 13.1 Å². The highest BCUT2D eigenvalue weighted by molar-refractivity contribution is 7.86. The molecule has 0 radical (unpaired) electrons. The topological polar surface area (TPSA) is 131 Å². The SMILES string of the molecule is CS(=O)(=O)OC1CC(N2CCN(c3cccc(-c4nncn4O)n3)C2=O)C1. The Morgan fingerprint density at radius 1 is 1.26 bits per heavy atom. The minimum Gasteiger partial charge on any atom is -0.425 e. The lowest BCUT2D eigenvalue weighted by molar-refractivity contribution is 0.0479. The van der Waals surface area contributed by atoms with Gasteiger partial charge in [0.2, 0.25) is 5.82 Å². The van der Waals surface area contributed by atoms with Crippen molar-refractivity contribution < 1.29 is 22.6 Å². The highest BCUT2D eigenvalue weighted by Gasteiger charge is 2.43. The molecule has 11 nitrogen and oxygen atoms in total. The molecule has 2 amide bonds. The second-order valence-corrected chi connectivity index (χ2v) is 8.16. The van der Waals surface area contributed by atoms with Crippen LogP contribution < -0.4 is 4.90 Å². The number of pyridine rings is 1. The van der Waals surface area contributed by atoms with Gasteiger partial charge in [0.05, 0.1) is 12.4 Å². The van der Waals surface area contributed by atoms with Crippen molar-refractivity contribution in [3.8, 4) is 11.5 Å². The number of nitrogens with zero attached hydrogens (tertiary/aromatic N) is 6. The van der Waals surface area contributed by atoms with Crippen LogP contribution in [0.5, 0.6) is 0 Å². The maximum atomic E-state index is 12.8. The van der Waals surface area contributed by atoms with Gasteiger partial charge in [0.1, 0.15) is 11.5 Å². The van der Waals surface area contributed by atoms with Gasteiger partial charge in [-0.15, -0.1) is 10.2 Å². The van der Waals surface area contributed by atoms with Crippen molar-refractivity contribution >= 4 is 22.0 Å². The molecule has 0 bridgehead atoms. The molecule has 3 heterocycles. The molecule has 1 saturated carbocycles. The first kappa shape index (κ1) is 17.7. The number of hydrogen-bond acceptors (Lipinski definition) is 8. The largest absolute Gasteiger partial charge is 0.425 e. The molecular weight excluding hydrogens is 376 g/mol. The van der Waals surface area contributed by atoms with Crippen LogP contribution >= 0.6 is 0 Å². The molecule has 1 saturated heterocycles. The zero-order valence-corrected chi connectivity index (χ0v) is 15.3. The van der Waals surface area contributed by atoms with E-state index < -0.39 is 10.1 Å². The number of anilines is 1. The van der Waals surface area contributed by atoms with Crippen molar-refractivity contribution in [1.29, 1.82) is 0 Å². The summed E-state index contributed by atoms with van der Waals surface area (Å²) in [5.41, 5.74) is 0.393. The molecule has 12 heteroatoms. The van der Waals surface area contributed by atoms with Crippen molar-refractivity contribution in [2.75, 3.05) is 24.2 Å². The minimum absolute atomic E-state index is 0.0435. The van der Waals surface area contributed by atoms with E-state index in [9.17, 15) is 18.4 Å². The maximum Gasteiger partial charge on any atom is 0.326 e. The number of aromatic nitrogens is 4. The fourth-order valence-corrected chi connectivity index (χ4v) is 3.97. The Labute approximate surface area is 155 Å². The fourth-order valence-electron chi connectivity index (χ4n) is 3.32. The summed E-state index contributed by atoms with van der Waals surface area (Å²) in [6, 6.07) is 4.87. The van der Waals surface area contributed by atoms with Crippen LogP contribution in [0.3, 0.4) is 0 Å². The third kappa shape index (κ3) is 3.45. The monoisotopic (exact) mass is 394 g/mol. The molecule has 1 aliphatic heterocycles. The number of carbonyl (C=O) groups is 1. The zero-order chi connectivity index (χ0) is 19.2. The van der Waals surface area contributed by atoms with E-state index >= 15 is 0 Å². The molecule has 0 aromatic carbocycles. The maximum absolute atomic E-state index is 12.8. The summed E-state index contributed by atoms with van der Waals surface area (Å²) in [7, 11) is -3.49. The summed E-state index contributed by atoms with van der Waals surface area (Å²) in [4.78, 5) is 20.4. The van der Waals surface area contributed by atoms with Crippen molar-refractivity contribution in [3.05, 3.63) is 24.5 Å².